The molecule has 12 heavy (non-hydrogen) atoms. The second kappa shape index (κ2) is 3.96. The van der Waals surface area contributed by atoms with E-state index in [-0.39, 0.29) is 4.47 Å². The maximum atomic E-state index is 13.0. The molecule has 2 N–H and O–H groups in total. The molecule has 0 saturated carbocycles. The quantitative estimate of drug-likeness (QED) is 0.783. The van der Waals surface area contributed by atoms with Gasteiger partial charge in [-0.1, -0.05) is 0 Å². The minimum Gasteiger partial charge on any atom is -0.330 e. The van der Waals surface area contributed by atoms with Gasteiger partial charge >= 0.3 is 0 Å². The van der Waals surface area contributed by atoms with Gasteiger partial charge in [-0.2, -0.15) is 0 Å². The Morgan fingerprint density at radius 1 is 1.25 bits per heavy atom. The molecule has 4 heteroatoms. The van der Waals surface area contributed by atoms with E-state index in [1.54, 1.807) is 0 Å². The van der Waals surface area contributed by atoms with Gasteiger partial charge in [0.2, 0.25) is 0 Å². The van der Waals surface area contributed by atoms with Crippen LogP contribution >= 0.6 is 15.9 Å². The Morgan fingerprint density at radius 3 is 2.50 bits per heavy atom. The van der Waals surface area contributed by atoms with Gasteiger partial charge in [0.1, 0.15) is 11.6 Å². The molecule has 0 radical (unpaired) electrons. The standard InChI is InChI=1S/C8H8BrF2N/c9-6-4-7(10)5(1-2-12)3-8(6)11/h3-4H,1-2,12H2. The van der Waals surface area contributed by atoms with Crippen molar-refractivity contribution in [3.63, 3.8) is 0 Å². The zero-order valence-corrected chi connectivity index (χ0v) is 7.87. The van der Waals surface area contributed by atoms with Gasteiger partial charge in [-0.05, 0) is 46.6 Å². The van der Waals surface area contributed by atoms with Crippen LogP contribution in [-0.2, 0) is 6.42 Å². The van der Waals surface area contributed by atoms with Crippen LogP contribution in [0, 0.1) is 11.6 Å². The van der Waals surface area contributed by atoms with Crippen molar-refractivity contribution in [1.29, 1.82) is 0 Å². The lowest BCUT2D eigenvalue weighted by atomic mass is 10.1. The molecule has 0 amide bonds. The maximum Gasteiger partial charge on any atom is 0.137 e. The lowest BCUT2D eigenvalue weighted by Crippen LogP contribution is -2.05. The van der Waals surface area contributed by atoms with Crippen LogP contribution in [0.15, 0.2) is 16.6 Å². The Kier molecular flexibility index (Phi) is 3.17. The first-order valence-electron chi connectivity index (χ1n) is 3.48. The predicted octanol–water partition coefficient (Wildman–Crippen LogP) is 2.23. The van der Waals surface area contributed by atoms with Crippen LogP contribution in [-0.4, -0.2) is 6.54 Å². The van der Waals surface area contributed by atoms with Crippen LogP contribution in [0.2, 0.25) is 0 Å². The summed E-state index contributed by atoms with van der Waals surface area (Å²) in [4.78, 5) is 0. The largest absolute Gasteiger partial charge is 0.330 e. The highest BCUT2D eigenvalue weighted by Crippen LogP contribution is 2.19. The molecule has 0 spiro atoms. The first-order valence-corrected chi connectivity index (χ1v) is 4.28. The van der Waals surface area contributed by atoms with Crippen molar-refractivity contribution in [3.8, 4) is 0 Å². The first-order chi connectivity index (χ1) is 5.65. The molecule has 1 rings (SSSR count). The zero-order valence-electron chi connectivity index (χ0n) is 6.28. The molecule has 66 valence electrons. The fraction of sp³-hybridized carbons (Fsp3) is 0.250. The van der Waals surface area contributed by atoms with E-state index in [9.17, 15) is 8.78 Å². The Hall–Kier alpha value is -0.480. The summed E-state index contributed by atoms with van der Waals surface area (Å²) in [5.41, 5.74) is 5.53. The highest BCUT2D eigenvalue weighted by Gasteiger charge is 2.06. The summed E-state index contributed by atoms with van der Waals surface area (Å²) in [6, 6.07) is 2.27. The third-order valence-corrected chi connectivity index (χ3v) is 2.11. The average Bonchev–Trinajstić information content (AvgIpc) is 2.01. The van der Waals surface area contributed by atoms with Gasteiger partial charge < -0.3 is 5.73 Å². The van der Waals surface area contributed by atoms with Gasteiger partial charge in [-0.3, -0.25) is 0 Å². The van der Waals surface area contributed by atoms with Gasteiger partial charge in [0.25, 0.3) is 0 Å². The lowest BCUT2D eigenvalue weighted by Gasteiger charge is -2.02. The molecule has 0 saturated heterocycles. The molecule has 0 unspecified atom stereocenters. The van der Waals surface area contributed by atoms with Gasteiger partial charge in [0.05, 0.1) is 4.47 Å². The fourth-order valence-electron chi connectivity index (χ4n) is 0.911. The molecular formula is C8H8BrF2N. The van der Waals surface area contributed by atoms with Crippen molar-refractivity contribution in [3.05, 3.63) is 33.8 Å². The minimum absolute atomic E-state index is 0.140. The van der Waals surface area contributed by atoms with Gasteiger partial charge in [-0.15, -0.1) is 0 Å². The van der Waals surface area contributed by atoms with Crippen molar-refractivity contribution in [1.82, 2.24) is 0 Å². The highest BCUT2D eigenvalue weighted by atomic mass is 79.9. The van der Waals surface area contributed by atoms with E-state index in [1.165, 1.54) is 0 Å². The summed E-state index contributed by atoms with van der Waals surface area (Å²) in [5, 5.41) is 0. The molecule has 0 aliphatic heterocycles. The third-order valence-electron chi connectivity index (χ3n) is 1.50. The summed E-state index contributed by atoms with van der Waals surface area (Å²) < 4.78 is 25.9. The Labute approximate surface area is 77.7 Å². The highest BCUT2D eigenvalue weighted by molar-refractivity contribution is 9.10. The molecular weight excluding hydrogens is 228 g/mol. The van der Waals surface area contributed by atoms with E-state index < -0.39 is 11.6 Å². The predicted molar refractivity (Wildman–Crippen MR) is 46.8 cm³/mol. The van der Waals surface area contributed by atoms with Crippen LogP contribution in [0.5, 0.6) is 0 Å². The summed E-state index contributed by atoms with van der Waals surface area (Å²) in [7, 11) is 0. The summed E-state index contributed by atoms with van der Waals surface area (Å²) in [5.74, 6) is -0.881. The van der Waals surface area contributed by atoms with E-state index in [2.05, 4.69) is 15.9 Å². The number of hydrogen-bond donors (Lipinski definition) is 1. The Bertz CT molecular complexity index is 289. The monoisotopic (exact) mass is 235 g/mol. The number of hydrogen-bond acceptors (Lipinski definition) is 1. The normalized spacial score (nSPS) is 10.3. The van der Waals surface area contributed by atoms with Crippen LogP contribution in [0.3, 0.4) is 0 Å². The molecule has 0 atom stereocenters. The molecule has 0 heterocycles. The lowest BCUT2D eigenvalue weighted by molar-refractivity contribution is 0.580. The number of rotatable bonds is 2. The molecule has 1 aromatic rings. The van der Waals surface area contributed by atoms with E-state index in [0.717, 1.165) is 12.1 Å². The van der Waals surface area contributed by atoms with Crippen LogP contribution < -0.4 is 5.73 Å². The average molecular weight is 236 g/mol. The fourth-order valence-corrected chi connectivity index (χ4v) is 1.23. The second-order valence-corrected chi connectivity index (χ2v) is 3.25. The molecule has 0 aliphatic carbocycles. The zero-order chi connectivity index (χ0) is 9.14. The molecule has 1 aromatic carbocycles. The van der Waals surface area contributed by atoms with E-state index in [4.69, 9.17) is 5.73 Å². The third kappa shape index (κ3) is 2.01. The van der Waals surface area contributed by atoms with Crippen LogP contribution in [0.25, 0.3) is 0 Å². The first kappa shape index (κ1) is 9.61. The summed E-state index contributed by atoms with van der Waals surface area (Å²) in [6.45, 7) is 0.317. The summed E-state index contributed by atoms with van der Waals surface area (Å²) >= 11 is 2.89. The topological polar surface area (TPSA) is 26.0 Å². The number of benzene rings is 1. The Balaban J connectivity index is 3.05. The van der Waals surface area contributed by atoms with E-state index in [0.29, 0.717) is 18.5 Å². The smallest absolute Gasteiger partial charge is 0.137 e. The van der Waals surface area contributed by atoms with Gasteiger partial charge in [-0.25, -0.2) is 8.78 Å². The minimum atomic E-state index is -0.458. The molecule has 0 aliphatic rings. The summed E-state index contributed by atoms with van der Waals surface area (Å²) in [6.07, 6.45) is 0.357. The van der Waals surface area contributed by atoms with Crippen molar-refractivity contribution in [2.24, 2.45) is 5.73 Å². The van der Waals surface area contributed by atoms with E-state index >= 15 is 0 Å². The van der Waals surface area contributed by atoms with Crippen molar-refractivity contribution >= 4 is 15.9 Å². The number of nitrogens with two attached hydrogens (primary N) is 1. The molecule has 0 fully saturated rings. The molecule has 0 bridgehead atoms. The maximum absolute atomic E-state index is 13.0. The SMILES string of the molecule is NCCc1cc(F)c(Br)cc1F. The molecule has 1 nitrogen and oxygen atoms in total. The van der Waals surface area contributed by atoms with Gasteiger partial charge in [0, 0.05) is 0 Å². The molecule has 0 aromatic heterocycles. The van der Waals surface area contributed by atoms with Crippen molar-refractivity contribution < 1.29 is 8.78 Å². The van der Waals surface area contributed by atoms with Crippen molar-refractivity contribution in [2.75, 3.05) is 6.54 Å². The van der Waals surface area contributed by atoms with Gasteiger partial charge in [0.15, 0.2) is 0 Å². The van der Waals surface area contributed by atoms with Crippen molar-refractivity contribution in [2.45, 2.75) is 6.42 Å². The van der Waals surface area contributed by atoms with Crippen LogP contribution in [0.1, 0.15) is 5.56 Å². The Morgan fingerprint density at radius 2 is 1.92 bits per heavy atom. The van der Waals surface area contributed by atoms with Crippen LogP contribution in [0.4, 0.5) is 8.78 Å². The van der Waals surface area contributed by atoms with E-state index in [1.807, 2.05) is 0 Å². The second-order valence-electron chi connectivity index (χ2n) is 2.40. The number of halogens is 3.